The van der Waals surface area contributed by atoms with Crippen molar-refractivity contribution in [2.45, 2.75) is 77.4 Å². The molecule has 0 bridgehead atoms. The van der Waals surface area contributed by atoms with Crippen molar-refractivity contribution >= 4 is 23.2 Å². The fourth-order valence-electron chi connectivity index (χ4n) is 6.53. The number of fused-ring (bicyclic) bond motifs is 5. The Balaban J connectivity index is 1.70. The number of ether oxygens (including phenoxy) is 2. The van der Waals surface area contributed by atoms with E-state index < -0.39 is 11.6 Å². The van der Waals surface area contributed by atoms with Gasteiger partial charge in [0.25, 0.3) is 0 Å². The molecule has 0 radical (unpaired) electrons. The van der Waals surface area contributed by atoms with Crippen LogP contribution in [0.2, 0.25) is 0 Å². The molecular formula is C31H37NO5. The Bertz CT molecular complexity index is 1260. The van der Waals surface area contributed by atoms with Crippen LogP contribution in [0.4, 0.5) is 5.69 Å². The van der Waals surface area contributed by atoms with Crippen LogP contribution in [0.3, 0.4) is 0 Å². The molecule has 1 fully saturated rings. The first kappa shape index (κ1) is 25.4. The van der Waals surface area contributed by atoms with Crippen LogP contribution < -0.4 is 9.64 Å². The maximum atomic E-state index is 13.0. The number of nitrogens with zero attached hydrogens (tertiary/aromatic N) is 1. The lowest BCUT2D eigenvalue weighted by Gasteiger charge is -2.36. The molecule has 6 nitrogen and oxygen atoms in total. The Labute approximate surface area is 219 Å². The standard InChI is InChI=1S/C31H37NO5/c1-18-24-16-21(36-5)12-14-22(24)28-27(19-9-7-6-8-10-19)23-13-11-20(30(35)37-31(2,3)4)15-26(23)32(28)17-25(18)29(33)34/h11-16,19,27-28H,6-10,17H2,1-5H3,(H,33,34). The summed E-state index contributed by atoms with van der Waals surface area (Å²) in [5.74, 6) is 0.150. The second kappa shape index (κ2) is 9.55. The van der Waals surface area contributed by atoms with Crippen LogP contribution in [0, 0.1) is 5.92 Å². The number of methoxy groups -OCH3 is 1. The van der Waals surface area contributed by atoms with Gasteiger partial charge in [0.05, 0.1) is 30.8 Å². The number of allylic oxidation sites excluding steroid dienone is 1. The Morgan fingerprint density at radius 3 is 2.35 bits per heavy atom. The molecule has 2 aromatic carbocycles. The van der Waals surface area contributed by atoms with Crippen molar-refractivity contribution in [2.75, 3.05) is 18.6 Å². The van der Waals surface area contributed by atoms with Crippen LogP contribution in [0.1, 0.15) is 98.8 Å². The summed E-state index contributed by atoms with van der Waals surface area (Å²) in [6, 6.07) is 11.9. The number of carbonyl (C=O) groups excluding carboxylic acids is 1. The summed E-state index contributed by atoms with van der Waals surface area (Å²) in [6.45, 7) is 7.76. The molecule has 196 valence electrons. The smallest absolute Gasteiger partial charge is 0.338 e. The van der Waals surface area contributed by atoms with Crippen LogP contribution in [-0.2, 0) is 9.53 Å². The first-order valence-corrected chi connectivity index (χ1v) is 13.3. The third kappa shape index (κ3) is 4.62. The summed E-state index contributed by atoms with van der Waals surface area (Å²) in [7, 11) is 1.64. The molecule has 2 atom stereocenters. The van der Waals surface area contributed by atoms with E-state index in [1.54, 1.807) is 7.11 Å². The molecule has 1 aliphatic carbocycles. The van der Waals surface area contributed by atoms with Gasteiger partial charge in [-0.1, -0.05) is 31.4 Å². The maximum absolute atomic E-state index is 13.0. The van der Waals surface area contributed by atoms with Gasteiger partial charge >= 0.3 is 11.9 Å². The van der Waals surface area contributed by atoms with Gasteiger partial charge < -0.3 is 19.5 Å². The average Bonchev–Trinajstić information content (AvgIpc) is 3.12. The highest BCUT2D eigenvalue weighted by molar-refractivity contribution is 5.99. The number of hydrogen-bond acceptors (Lipinski definition) is 5. The van der Waals surface area contributed by atoms with E-state index >= 15 is 0 Å². The zero-order valence-corrected chi connectivity index (χ0v) is 22.5. The molecule has 2 unspecified atom stereocenters. The number of carboxylic acids is 1. The third-order valence-electron chi connectivity index (χ3n) is 8.19. The molecule has 1 N–H and O–H groups in total. The Kier molecular flexibility index (Phi) is 6.55. The second-order valence-electron chi connectivity index (χ2n) is 11.6. The Hall–Kier alpha value is -3.28. The normalized spacial score (nSPS) is 21.6. The topological polar surface area (TPSA) is 76.1 Å². The Morgan fingerprint density at radius 1 is 1.00 bits per heavy atom. The van der Waals surface area contributed by atoms with Crippen LogP contribution in [0.5, 0.6) is 5.75 Å². The zero-order valence-electron chi connectivity index (χ0n) is 22.5. The number of rotatable bonds is 4. The number of benzene rings is 2. The summed E-state index contributed by atoms with van der Waals surface area (Å²) < 4.78 is 11.2. The van der Waals surface area contributed by atoms with Crippen LogP contribution in [0.25, 0.3) is 5.57 Å². The predicted molar refractivity (Wildman–Crippen MR) is 144 cm³/mol. The number of carbonyl (C=O) groups is 2. The molecule has 1 saturated carbocycles. The van der Waals surface area contributed by atoms with Gasteiger partial charge in [-0.3, -0.25) is 0 Å². The minimum atomic E-state index is -0.919. The van der Waals surface area contributed by atoms with Crippen molar-refractivity contribution in [3.63, 3.8) is 0 Å². The van der Waals surface area contributed by atoms with Gasteiger partial charge in [-0.25, -0.2) is 9.59 Å². The lowest BCUT2D eigenvalue weighted by molar-refractivity contribution is -0.132. The molecule has 2 aromatic rings. The average molecular weight is 504 g/mol. The van der Waals surface area contributed by atoms with E-state index in [0.717, 1.165) is 35.2 Å². The molecule has 0 amide bonds. The van der Waals surface area contributed by atoms with Crippen LogP contribution >= 0.6 is 0 Å². The molecule has 6 heteroatoms. The number of hydrogen-bond donors (Lipinski definition) is 1. The minimum absolute atomic E-state index is 0.0142. The number of anilines is 1. The van der Waals surface area contributed by atoms with E-state index in [1.807, 2.05) is 52.0 Å². The molecular weight excluding hydrogens is 466 g/mol. The summed E-state index contributed by atoms with van der Waals surface area (Å²) in [5, 5.41) is 10.2. The van der Waals surface area contributed by atoms with Crippen molar-refractivity contribution in [1.29, 1.82) is 0 Å². The second-order valence-corrected chi connectivity index (χ2v) is 11.6. The SMILES string of the molecule is COc1ccc2c(c1)C(C)=C(C(=O)O)CN1c3cc(C(=O)OC(C)(C)C)ccc3C(C3CCCCC3)C21. The molecule has 5 rings (SSSR count). The largest absolute Gasteiger partial charge is 0.497 e. The van der Waals surface area contributed by atoms with Gasteiger partial charge in [0.15, 0.2) is 0 Å². The summed E-state index contributed by atoms with van der Waals surface area (Å²) in [4.78, 5) is 27.7. The summed E-state index contributed by atoms with van der Waals surface area (Å²) >= 11 is 0. The number of esters is 1. The van der Waals surface area contributed by atoms with E-state index in [0.29, 0.717) is 22.8 Å². The van der Waals surface area contributed by atoms with Gasteiger partial charge in [-0.15, -0.1) is 0 Å². The van der Waals surface area contributed by atoms with Crippen molar-refractivity contribution in [3.8, 4) is 5.75 Å². The monoisotopic (exact) mass is 503 g/mol. The van der Waals surface area contributed by atoms with Gasteiger partial charge in [0, 0.05) is 11.6 Å². The van der Waals surface area contributed by atoms with Gasteiger partial charge in [-0.2, -0.15) is 0 Å². The molecule has 2 aliphatic heterocycles. The van der Waals surface area contributed by atoms with E-state index in [-0.39, 0.29) is 24.5 Å². The van der Waals surface area contributed by atoms with Gasteiger partial charge in [0.2, 0.25) is 0 Å². The molecule has 0 aromatic heterocycles. The highest BCUT2D eigenvalue weighted by atomic mass is 16.6. The predicted octanol–water partition coefficient (Wildman–Crippen LogP) is 6.75. The number of carboxylic acid groups (broad SMARTS) is 1. The fraction of sp³-hybridized carbons (Fsp3) is 0.484. The van der Waals surface area contributed by atoms with Crippen molar-refractivity contribution in [2.24, 2.45) is 5.92 Å². The van der Waals surface area contributed by atoms with Crippen molar-refractivity contribution < 1.29 is 24.2 Å². The van der Waals surface area contributed by atoms with Crippen LogP contribution in [-0.4, -0.2) is 36.3 Å². The maximum Gasteiger partial charge on any atom is 0.338 e. The molecule has 2 heterocycles. The van der Waals surface area contributed by atoms with E-state index in [1.165, 1.54) is 24.8 Å². The quantitative estimate of drug-likeness (QED) is 0.465. The lowest BCUT2D eigenvalue weighted by Crippen LogP contribution is -2.32. The van der Waals surface area contributed by atoms with Crippen LogP contribution in [0.15, 0.2) is 42.0 Å². The Morgan fingerprint density at radius 2 is 1.70 bits per heavy atom. The fourth-order valence-corrected chi connectivity index (χ4v) is 6.53. The first-order valence-electron chi connectivity index (χ1n) is 13.3. The van der Waals surface area contributed by atoms with Crippen molar-refractivity contribution in [3.05, 3.63) is 64.2 Å². The van der Waals surface area contributed by atoms with Crippen molar-refractivity contribution in [1.82, 2.24) is 0 Å². The van der Waals surface area contributed by atoms with Gasteiger partial charge in [-0.05, 0) is 93.0 Å². The zero-order chi connectivity index (χ0) is 26.5. The molecule has 0 spiro atoms. The molecule has 3 aliphatic rings. The third-order valence-corrected chi connectivity index (χ3v) is 8.19. The first-order chi connectivity index (χ1) is 17.6. The lowest BCUT2D eigenvalue weighted by atomic mass is 9.72. The molecule has 0 saturated heterocycles. The summed E-state index contributed by atoms with van der Waals surface area (Å²) in [5.41, 5.74) is 5.24. The highest BCUT2D eigenvalue weighted by Gasteiger charge is 2.46. The minimum Gasteiger partial charge on any atom is -0.497 e. The van der Waals surface area contributed by atoms with E-state index in [2.05, 4.69) is 17.0 Å². The number of aliphatic carboxylic acids is 1. The van der Waals surface area contributed by atoms with E-state index in [4.69, 9.17) is 9.47 Å². The van der Waals surface area contributed by atoms with E-state index in [9.17, 15) is 14.7 Å². The van der Waals surface area contributed by atoms with Gasteiger partial charge in [0.1, 0.15) is 11.4 Å². The molecule has 37 heavy (non-hydrogen) atoms. The highest BCUT2D eigenvalue weighted by Crippen LogP contribution is 2.57. The summed E-state index contributed by atoms with van der Waals surface area (Å²) in [6.07, 6.45) is 6.01.